The Morgan fingerprint density at radius 2 is 1.54 bits per heavy atom. The Hall–Kier alpha value is -0.865. The second-order valence-corrected chi connectivity index (χ2v) is 9.37. The van der Waals surface area contributed by atoms with Crippen molar-refractivity contribution in [2.75, 3.05) is 0 Å². The Morgan fingerprint density at radius 1 is 0.962 bits per heavy atom. The van der Waals surface area contributed by atoms with E-state index in [-0.39, 0.29) is 0 Å². The van der Waals surface area contributed by atoms with E-state index < -0.39 is 7.25 Å². The molecule has 0 saturated carbocycles. The molecule has 26 heavy (non-hydrogen) atoms. The highest BCUT2D eigenvalue weighted by atomic mass is 127. The first kappa shape index (κ1) is 21.4. The van der Waals surface area contributed by atoms with E-state index in [4.69, 9.17) is 0 Å². The molecule has 0 radical (unpaired) electrons. The zero-order chi connectivity index (χ0) is 19.3. The third-order valence-electron chi connectivity index (χ3n) is 3.43. The standard InChI is InChI=1S/C18H16IS2.BF4/c1-12-3-6-14(7-4-12)10-20-17-16-9-13(2)5-8-15(16)11-21-18(17)19;2-1(3,4)5/h3-9,11H,10H2,1-2H3;/q+1;-1. The van der Waals surface area contributed by atoms with Crippen molar-refractivity contribution in [2.45, 2.75) is 24.5 Å². The van der Waals surface area contributed by atoms with Crippen molar-refractivity contribution in [3.8, 4) is 0 Å². The summed E-state index contributed by atoms with van der Waals surface area (Å²) in [7, 11) is -6.00. The summed E-state index contributed by atoms with van der Waals surface area (Å²) < 4.78 is 40.4. The van der Waals surface area contributed by atoms with Gasteiger partial charge >= 0.3 is 7.25 Å². The molecule has 0 aliphatic carbocycles. The fourth-order valence-corrected chi connectivity index (χ4v) is 5.28. The van der Waals surface area contributed by atoms with Gasteiger partial charge in [0.1, 0.15) is 0 Å². The van der Waals surface area contributed by atoms with Crippen LogP contribution in [0.2, 0.25) is 0 Å². The van der Waals surface area contributed by atoms with Gasteiger partial charge < -0.3 is 17.3 Å². The van der Waals surface area contributed by atoms with Crippen molar-refractivity contribution >= 4 is 63.7 Å². The molecule has 3 aromatic rings. The number of hydrogen-bond donors (Lipinski definition) is 0. The van der Waals surface area contributed by atoms with Gasteiger partial charge in [0.05, 0.1) is 4.90 Å². The molecule has 0 atom stereocenters. The molecule has 0 aliphatic rings. The molecular weight excluding hydrogens is 494 g/mol. The average molecular weight is 510 g/mol. The summed E-state index contributed by atoms with van der Waals surface area (Å²) in [6, 6.07) is 15.6. The molecule has 0 aliphatic heterocycles. The van der Waals surface area contributed by atoms with Crippen LogP contribution in [-0.2, 0) is 5.75 Å². The maximum atomic E-state index is 9.75. The molecule has 1 heterocycles. The second-order valence-electron chi connectivity index (χ2n) is 5.70. The van der Waals surface area contributed by atoms with Crippen LogP contribution in [0.15, 0.2) is 52.7 Å². The van der Waals surface area contributed by atoms with E-state index in [9.17, 15) is 17.3 Å². The molecule has 0 unspecified atom stereocenters. The van der Waals surface area contributed by atoms with Crippen LogP contribution in [0, 0.1) is 16.7 Å². The molecule has 0 fully saturated rings. The van der Waals surface area contributed by atoms with E-state index >= 15 is 0 Å². The molecule has 3 rings (SSSR count). The highest BCUT2D eigenvalue weighted by molar-refractivity contribution is 14.1. The maximum Gasteiger partial charge on any atom is 0.673 e. The van der Waals surface area contributed by atoms with Crippen LogP contribution in [-0.4, -0.2) is 7.25 Å². The summed E-state index contributed by atoms with van der Waals surface area (Å²) in [5.41, 5.74) is 4.03. The molecule has 0 amide bonds. The predicted octanol–water partition coefficient (Wildman–Crippen LogP) is 8.00. The summed E-state index contributed by atoms with van der Waals surface area (Å²) >= 11 is 6.25. The Balaban J connectivity index is 0.000000431. The Labute approximate surface area is 172 Å². The minimum atomic E-state index is -6.00. The molecule has 0 N–H and O–H groups in total. The molecule has 0 nitrogen and oxygen atoms in total. The maximum absolute atomic E-state index is 9.75. The van der Waals surface area contributed by atoms with Crippen LogP contribution >= 0.6 is 45.7 Å². The number of benzene rings is 2. The third-order valence-corrected chi connectivity index (χ3v) is 7.20. The van der Waals surface area contributed by atoms with Crippen LogP contribution in [0.3, 0.4) is 0 Å². The second kappa shape index (κ2) is 9.37. The van der Waals surface area contributed by atoms with Crippen molar-refractivity contribution in [3.05, 3.63) is 67.4 Å². The molecule has 138 valence electrons. The zero-order valence-electron chi connectivity index (χ0n) is 14.1. The topological polar surface area (TPSA) is 0 Å². The van der Waals surface area contributed by atoms with Gasteiger partial charge in [-0.15, -0.1) is 11.8 Å². The molecule has 0 bridgehead atoms. The van der Waals surface area contributed by atoms with E-state index in [0.717, 1.165) is 5.75 Å². The first-order valence-electron chi connectivity index (χ1n) is 7.70. The number of hydrogen-bond acceptors (Lipinski definition) is 1. The fraction of sp³-hybridized carbons (Fsp3) is 0.167. The lowest BCUT2D eigenvalue weighted by atomic mass is 10.1. The summed E-state index contributed by atoms with van der Waals surface area (Å²) in [5, 5.41) is 4.99. The Kier molecular flexibility index (Phi) is 7.72. The Bertz CT molecular complexity index is 871. The SMILES string of the molecule is Cc1ccc(CSc2c(I)[s+]cc3ccc(C)cc23)cc1.F[B-](F)(F)F. The number of rotatable bonds is 3. The van der Waals surface area contributed by atoms with Gasteiger partial charge in [-0.25, -0.2) is 0 Å². The highest BCUT2D eigenvalue weighted by Crippen LogP contribution is 2.37. The number of halogens is 5. The van der Waals surface area contributed by atoms with Gasteiger partial charge in [-0.05, 0) is 31.5 Å². The van der Waals surface area contributed by atoms with Crippen LogP contribution < -0.4 is 0 Å². The van der Waals surface area contributed by atoms with Gasteiger partial charge in [0, 0.05) is 39.1 Å². The van der Waals surface area contributed by atoms with Gasteiger partial charge in [-0.3, -0.25) is 0 Å². The quantitative estimate of drug-likeness (QED) is 0.113. The number of fused-ring (bicyclic) bond motifs is 1. The minimum absolute atomic E-state index is 1.02. The van der Waals surface area contributed by atoms with Crippen molar-refractivity contribution in [1.82, 2.24) is 0 Å². The fourth-order valence-electron chi connectivity index (χ4n) is 2.22. The van der Waals surface area contributed by atoms with Crippen molar-refractivity contribution in [2.24, 2.45) is 0 Å². The van der Waals surface area contributed by atoms with Crippen LogP contribution in [0.25, 0.3) is 10.8 Å². The summed E-state index contributed by atoms with van der Waals surface area (Å²) in [5.74, 6) is 1.02. The molecule has 0 saturated heterocycles. The lowest BCUT2D eigenvalue weighted by Gasteiger charge is -2.05. The summed E-state index contributed by atoms with van der Waals surface area (Å²) in [4.78, 5) is 1.42. The average Bonchev–Trinajstić information content (AvgIpc) is 2.54. The molecule has 2 aromatic carbocycles. The zero-order valence-corrected chi connectivity index (χ0v) is 17.9. The minimum Gasteiger partial charge on any atom is -0.418 e. The van der Waals surface area contributed by atoms with E-state index in [2.05, 4.69) is 84.3 Å². The van der Waals surface area contributed by atoms with Crippen molar-refractivity contribution in [3.63, 3.8) is 0 Å². The predicted molar refractivity (Wildman–Crippen MR) is 115 cm³/mol. The summed E-state index contributed by atoms with van der Waals surface area (Å²) in [6.07, 6.45) is 0. The smallest absolute Gasteiger partial charge is 0.418 e. The molecular formula is C18H16BF4IS2. The van der Waals surface area contributed by atoms with Gasteiger partial charge in [-0.2, -0.15) is 0 Å². The third kappa shape index (κ3) is 7.04. The van der Waals surface area contributed by atoms with E-state index in [1.165, 1.54) is 35.2 Å². The molecule has 8 heteroatoms. The van der Waals surface area contributed by atoms with Gasteiger partial charge in [0.15, 0.2) is 0 Å². The van der Waals surface area contributed by atoms with E-state index in [1.54, 1.807) is 0 Å². The van der Waals surface area contributed by atoms with E-state index in [1.807, 2.05) is 23.1 Å². The lowest BCUT2D eigenvalue weighted by Crippen LogP contribution is -2.02. The van der Waals surface area contributed by atoms with E-state index in [0.29, 0.717) is 0 Å². The molecule has 1 aromatic heterocycles. The van der Waals surface area contributed by atoms with Crippen LogP contribution in [0.1, 0.15) is 16.7 Å². The largest absolute Gasteiger partial charge is 0.673 e. The van der Waals surface area contributed by atoms with Crippen LogP contribution in [0.4, 0.5) is 17.3 Å². The first-order chi connectivity index (χ1) is 12.1. The lowest BCUT2D eigenvalue weighted by molar-refractivity contribution is 0.368. The van der Waals surface area contributed by atoms with Gasteiger partial charge in [-0.1, -0.05) is 41.5 Å². The summed E-state index contributed by atoms with van der Waals surface area (Å²) in [6.45, 7) is 4.30. The first-order valence-corrected chi connectivity index (χ1v) is 10.6. The Morgan fingerprint density at radius 3 is 2.15 bits per heavy atom. The monoisotopic (exact) mass is 510 g/mol. The van der Waals surface area contributed by atoms with Crippen LogP contribution in [0.5, 0.6) is 0 Å². The number of aryl methyl sites for hydroxylation is 2. The van der Waals surface area contributed by atoms with Crippen molar-refractivity contribution < 1.29 is 17.3 Å². The van der Waals surface area contributed by atoms with Crippen molar-refractivity contribution in [1.29, 1.82) is 0 Å². The highest BCUT2D eigenvalue weighted by Gasteiger charge is 2.20. The number of thioether (sulfide) groups is 1. The van der Waals surface area contributed by atoms with Gasteiger partial charge in [0.25, 0.3) is 2.88 Å². The van der Waals surface area contributed by atoms with Gasteiger partial charge in [0.2, 0.25) is 16.7 Å². The normalized spacial score (nSPS) is 11.2. The molecule has 0 spiro atoms.